The molecular formula is C19H21NO4. The number of hydrogen-bond donors (Lipinski definition) is 3. The number of phenols is 2. The SMILES string of the molecule is CC(C)C1C(C(=O)O)c2cccc(O)c2N1Cc1ccc(O)cc1. The number of anilines is 1. The average molecular weight is 327 g/mol. The van der Waals surface area contributed by atoms with Crippen LogP contribution in [0.4, 0.5) is 5.69 Å². The van der Waals surface area contributed by atoms with Gasteiger partial charge < -0.3 is 20.2 Å². The largest absolute Gasteiger partial charge is 0.508 e. The molecule has 0 amide bonds. The summed E-state index contributed by atoms with van der Waals surface area (Å²) in [5.41, 5.74) is 2.19. The fourth-order valence-corrected chi connectivity index (χ4v) is 3.63. The van der Waals surface area contributed by atoms with Crippen LogP contribution >= 0.6 is 0 Å². The Bertz CT molecular complexity index is 754. The molecule has 3 rings (SSSR count). The number of fused-ring (bicyclic) bond motifs is 1. The highest BCUT2D eigenvalue weighted by molar-refractivity contribution is 5.86. The van der Waals surface area contributed by atoms with Crippen LogP contribution in [0.1, 0.15) is 30.9 Å². The van der Waals surface area contributed by atoms with Gasteiger partial charge in [-0.3, -0.25) is 4.79 Å². The molecule has 0 aromatic heterocycles. The van der Waals surface area contributed by atoms with Gasteiger partial charge in [-0.25, -0.2) is 0 Å². The maximum absolute atomic E-state index is 11.9. The lowest BCUT2D eigenvalue weighted by atomic mass is 9.88. The zero-order chi connectivity index (χ0) is 17.4. The molecule has 2 unspecified atom stereocenters. The summed E-state index contributed by atoms with van der Waals surface area (Å²) >= 11 is 0. The molecule has 2 aromatic carbocycles. The molecule has 1 aliphatic heterocycles. The van der Waals surface area contributed by atoms with E-state index < -0.39 is 11.9 Å². The Hall–Kier alpha value is -2.69. The Labute approximate surface area is 140 Å². The summed E-state index contributed by atoms with van der Waals surface area (Å²) in [5, 5.41) is 29.5. The molecule has 2 aromatic rings. The van der Waals surface area contributed by atoms with E-state index in [9.17, 15) is 20.1 Å². The van der Waals surface area contributed by atoms with Crippen LogP contribution in [0, 0.1) is 5.92 Å². The van der Waals surface area contributed by atoms with Crippen LogP contribution in [-0.4, -0.2) is 27.3 Å². The Kier molecular flexibility index (Phi) is 4.09. The maximum atomic E-state index is 11.9. The van der Waals surface area contributed by atoms with Gasteiger partial charge in [-0.15, -0.1) is 0 Å². The van der Waals surface area contributed by atoms with Crippen LogP contribution in [0.3, 0.4) is 0 Å². The molecule has 24 heavy (non-hydrogen) atoms. The van der Waals surface area contributed by atoms with Gasteiger partial charge in [0, 0.05) is 12.6 Å². The number of aromatic hydroxyl groups is 2. The van der Waals surface area contributed by atoms with E-state index >= 15 is 0 Å². The number of hydrogen-bond acceptors (Lipinski definition) is 4. The van der Waals surface area contributed by atoms with Crippen LogP contribution in [0.5, 0.6) is 11.5 Å². The maximum Gasteiger partial charge on any atom is 0.313 e. The monoisotopic (exact) mass is 327 g/mol. The van der Waals surface area contributed by atoms with Gasteiger partial charge in [0.05, 0.1) is 5.69 Å². The minimum absolute atomic E-state index is 0.0926. The highest BCUT2D eigenvalue weighted by atomic mass is 16.4. The fraction of sp³-hybridized carbons (Fsp3) is 0.316. The lowest BCUT2D eigenvalue weighted by molar-refractivity contribution is -0.139. The molecule has 5 heteroatoms. The van der Waals surface area contributed by atoms with Crippen LogP contribution in [0.25, 0.3) is 0 Å². The number of carbonyl (C=O) groups is 1. The molecule has 3 N–H and O–H groups in total. The quantitative estimate of drug-likeness (QED) is 0.803. The van der Waals surface area contributed by atoms with Crippen molar-refractivity contribution in [2.24, 2.45) is 5.92 Å². The molecule has 0 saturated heterocycles. The number of nitrogens with zero attached hydrogens (tertiary/aromatic N) is 1. The van der Waals surface area contributed by atoms with Crippen molar-refractivity contribution < 1.29 is 20.1 Å². The van der Waals surface area contributed by atoms with E-state index in [4.69, 9.17) is 0 Å². The van der Waals surface area contributed by atoms with Gasteiger partial charge in [0.1, 0.15) is 17.4 Å². The average Bonchev–Trinajstić information content (AvgIpc) is 2.85. The summed E-state index contributed by atoms with van der Waals surface area (Å²) in [6.07, 6.45) is 0. The van der Waals surface area contributed by atoms with Crippen molar-refractivity contribution in [3.05, 3.63) is 53.6 Å². The summed E-state index contributed by atoms with van der Waals surface area (Å²) < 4.78 is 0. The standard InChI is InChI=1S/C19H21NO4/c1-11(2)17-16(19(23)24)14-4-3-5-15(22)18(14)20(17)10-12-6-8-13(21)9-7-12/h3-9,11,16-17,21-22H,10H2,1-2H3,(H,23,24). The number of carboxylic acids is 1. The van der Waals surface area contributed by atoms with Crippen molar-refractivity contribution in [1.29, 1.82) is 0 Å². The van der Waals surface area contributed by atoms with Crippen LogP contribution in [0.2, 0.25) is 0 Å². The molecule has 126 valence electrons. The predicted molar refractivity (Wildman–Crippen MR) is 91.4 cm³/mol. The van der Waals surface area contributed by atoms with Gasteiger partial charge in [-0.2, -0.15) is 0 Å². The fourth-order valence-electron chi connectivity index (χ4n) is 3.63. The molecule has 0 saturated carbocycles. The molecule has 0 radical (unpaired) electrons. The van der Waals surface area contributed by atoms with E-state index in [0.717, 1.165) is 5.56 Å². The lowest BCUT2D eigenvalue weighted by Crippen LogP contribution is -2.40. The highest BCUT2D eigenvalue weighted by Gasteiger charge is 2.45. The van der Waals surface area contributed by atoms with Gasteiger partial charge in [0.25, 0.3) is 0 Å². The van der Waals surface area contributed by atoms with E-state index in [1.54, 1.807) is 42.5 Å². The van der Waals surface area contributed by atoms with Gasteiger partial charge in [0.2, 0.25) is 0 Å². The molecule has 0 fully saturated rings. The molecule has 0 spiro atoms. The Morgan fingerprint density at radius 1 is 1.12 bits per heavy atom. The Balaban J connectivity index is 2.08. The first-order valence-corrected chi connectivity index (χ1v) is 7.99. The number of aliphatic carboxylic acids is 1. The molecule has 5 nitrogen and oxygen atoms in total. The number of carboxylic acid groups (broad SMARTS) is 1. The second-order valence-corrected chi connectivity index (χ2v) is 6.56. The smallest absolute Gasteiger partial charge is 0.313 e. The van der Waals surface area contributed by atoms with E-state index in [-0.39, 0.29) is 23.5 Å². The molecule has 0 aliphatic carbocycles. The normalized spacial score (nSPS) is 19.5. The van der Waals surface area contributed by atoms with Crippen LogP contribution in [-0.2, 0) is 11.3 Å². The van der Waals surface area contributed by atoms with E-state index in [0.29, 0.717) is 17.8 Å². The first-order valence-electron chi connectivity index (χ1n) is 7.99. The third-order valence-electron chi connectivity index (χ3n) is 4.61. The summed E-state index contributed by atoms with van der Waals surface area (Å²) in [5.74, 6) is -1.18. The number of phenolic OH excluding ortho intramolecular Hbond substituents is 2. The number of rotatable bonds is 4. The predicted octanol–water partition coefficient (Wildman–Crippen LogP) is 3.31. The third kappa shape index (κ3) is 2.66. The number of benzene rings is 2. The van der Waals surface area contributed by atoms with Crippen molar-refractivity contribution in [2.45, 2.75) is 32.4 Å². The topological polar surface area (TPSA) is 81.0 Å². The minimum Gasteiger partial charge on any atom is -0.508 e. The first-order chi connectivity index (χ1) is 11.4. The van der Waals surface area contributed by atoms with Crippen LogP contribution in [0.15, 0.2) is 42.5 Å². The first kappa shape index (κ1) is 16.2. The van der Waals surface area contributed by atoms with Gasteiger partial charge in [-0.1, -0.05) is 38.1 Å². The highest BCUT2D eigenvalue weighted by Crippen LogP contribution is 2.48. The lowest BCUT2D eigenvalue weighted by Gasteiger charge is -2.32. The van der Waals surface area contributed by atoms with E-state index in [1.165, 1.54) is 0 Å². The molecule has 1 heterocycles. The summed E-state index contributed by atoms with van der Waals surface area (Å²) in [6, 6.07) is 11.6. The summed E-state index contributed by atoms with van der Waals surface area (Å²) in [6.45, 7) is 4.46. The number of para-hydroxylation sites is 1. The van der Waals surface area contributed by atoms with Crippen molar-refractivity contribution in [3.8, 4) is 11.5 Å². The zero-order valence-electron chi connectivity index (χ0n) is 13.7. The molecule has 2 atom stereocenters. The summed E-state index contributed by atoms with van der Waals surface area (Å²) in [4.78, 5) is 13.9. The van der Waals surface area contributed by atoms with Gasteiger partial charge >= 0.3 is 5.97 Å². The second-order valence-electron chi connectivity index (χ2n) is 6.56. The van der Waals surface area contributed by atoms with E-state index in [1.807, 2.05) is 18.7 Å². The van der Waals surface area contributed by atoms with Crippen molar-refractivity contribution in [2.75, 3.05) is 4.90 Å². The van der Waals surface area contributed by atoms with Gasteiger partial charge in [-0.05, 0) is 35.2 Å². The Morgan fingerprint density at radius 2 is 1.79 bits per heavy atom. The molecular weight excluding hydrogens is 306 g/mol. The van der Waals surface area contributed by atoms with Crippen molar-refractivity contribution in [1.82, 2.24) is 0 Å². The molecule has 1 aliphatic rings. The van der Waals surface area contributed by atoms with Crippen molar-refractivity contribution in [3.63, 3.8) is 0 Å². The molecule has 0 bridgehead atoms. The summed E-state index contributed by atoms with van der Waals surface area (Å²) in [7, 11) is 0. The second kappa shape index (κ2) is 6.07. The van der Waals surface area contributed by atoms with Crippen molar-refractivity contribution >= 4 is 11.7 Å². The zero-order valence-corrected chi connectivity index (χ0v) is 13.7. The third-order valence-corrected chi connectivity index (χ3v) is 4.61. The minimum atomic E-state index is -0.881. The van der Waals surface area contributed by atoms with Crippen LogP contribution < -0.4 is 4.90 Å². The Morgan fingerprint density at radius 3 is 2.38 bits per heavy atom. The van der Waals surface area contributed by atoms with E-state index in [2.05, 4.69) is 0 Å². The van der Waals surface area contributed by atoms with Gasteiger partial charge in [0.15, 0.2) is 0 Å².